The first-order valence-electron chi connectivity index (χ1n) is 12.3. The molecule has 0 atom stereocenters. The number of amides is 1. The van der Waals surface area contributed by atoms with E-state index in [1.807, 2.05) is 62.4 Å². The molecule has 4 aromatic rings. The van der Waals surface area contributed by atoms with Crippen LogP contribution in [0.2, 0.25) is 0 Å². The topological polar surface area (TPSA) is 84.9 Å². The van der Waals surface area contributed by atoms with Crippen molar-refractivity contribution in [3.8, 4) is 17.3 Å². The Bertz CT molecular complexity index is 1400. The number of carbonyl (C=O) groups is 1. The predicted octanol–water partition coefficient (Wildman–Crippen LogP) is 6.85. The van der Waals surface area contributed by atoms with Crippen molar-refractivity contribution in [1.29, 1.82) is 5.26 Å². The number of anilines is 1. The van der Waals surface area contributed by atoms with Gasteiger partial charge in [-0.1, -0.05) is 18.2 Å². The number of rotatable bonds is 8. The zero-order chi connectivity index (χ0) is 25.1. The van der Waals surface area contributed by atoms with Gasteiger partial charge in [0.25, 0.3) is 0 Å². The molecule has 1 fully saturated rings. The molecule has 1 aliphatic rings. The SMILES string of the molecule is CC(C)OC(=O)Nc1ccc(-c2c(C#N)c3ccc(SCCn4ccnc4)cc3n2C2CCC2)cc1. The zero-order valence-corrected chi connectivity index (χ0v) is 21.3. The molecular formula is C28H29N5O2S. The number of hydrogen-bond donors (Lipinski definition) is 1. The standard InChI is InChI=1S/C28H29N5O2S/c1-19(2)35-28(34)31-21-8-6-20(7-9-21)27-25(17-29)24-11-10-23(36-15-14-32-13-12-30-18-32)16-26(24)33(27)22-4-3-5-22/h6-13,16,18-19,22H,3-5,14-15H2,1-2H3,(H,31,34). The normalized spacial score (nSPS) is 13.5. The predicted molar refractivity (Wildman–Crippen MR) is 143 cm³/mol. The molecule has 0 radical (unpaired) electrons. The van der Waals surface area contributed by atoms with E-state index >= 15 is 0 Å². The van der Waals surface area contributed by atoms with E-state index in [1.54, 1.807) is 6.20 Å². The molecule has 1 amide bonds. The molecule has 1 aliphatic carbocycles. The second-order valence-electron chi connectivity index (χ2n) is 9.27. The number of nitrogens with one attached hydrogen (secondary N) is 1. The summed E-state index contributed by atoms with van der Waals surface area (Å²) in [6.45, 7) is 4.52. The van der Waals surface area contributed by atoms with Crippen LogP contribution in [0.1, 0.15) is 44.7 Å². The highest BCUT2D eigenvalue weighted by Gasteiger charge is 2.28. The minimum Gasteiger partial charge on any atom is -0.447 e. The molecule has 0 aliphatic heterocycles. The van der Waals surface area contributed by atoms with Gasteiger partial charge in [-0.3, -0.25) is 5.32 Å². The van der Waals surface area contributed by atoms with Crippen molar-refractivity contribution in [3.05, 3.63) is 66.7 Å². The summed E-state index contributed by atoms with van der Waals surface area (Å²) in [6, 6.07) is 17.0. The van der Waals surface area contributed by atoms with E-state index in [0.717, 1.165) is 47.3 Å². The van der Waals surface area contributed by atoms with Gasteiger partial charge in [0.15, 0.2) is 0 Å². The molecule has 5 rings (SSSR count). The number of benzene rings is 2. The molecule has 1 saturated carbocycles. The van der Waals surface area contributed by atoms with E-state index in [4.69, 9.17) is 4.74 Å². The summed E-state index contributed by atoms with van der Waals surface area (Å²) in [6.07, 6.45) is 8.38. The molecule has 8 heteroatoms. The number of fused-ring (bicyclic) bond motifs is 1. The summed E-state index contributed by atoms with van der Waals surface area (Å²) in [5, 5.41) is 13.9. The van der Waals surface area contributed by atoms with Gasteiger partial charge in [-0.15, -0.1) is 11.8 Å². The number of aryl methyl sites for hydroxylation is 1. The van der Waals surface area contributed by atoms with Crippen molar-refractivity contribution in [3.63, 3.8) is 0 Å². The fourth-order valence-corrected chi connectivity index (χ4v) is 5.46. The van der Waals surface area contributed by atoms with Crippen LogP contribution in [0.3, 0.4) is 0 Å². The van der Waals surface area contributed by atoms with Gasteiger partial charge in [0.1, 0.15) is 6.07 Å². The largest absolute Gasteiger partial charge is 0.447 e. The second-order valence-corrected chi connectivity index (χ2v) is 10.4. The molecule has 184 valence electrons. The van der Waals surface area contributed by atoms with Gasteiger partial charge in [0.05, 0.1) is 29.2 Å². The minimum absolute atomic E-state index is 0.186. The van der Waals surface area contributed by atoms with E-state index in [9.17, 15) is 10.1 Å². The number of nitriles is 1. The first-order chi connectivity index (χ1) is 17.5. The lowest BCUT2D eigenvalue weighted by Gasteiger charge is -2.30. The molecule has 7 nitrogen and oxygen atoms in total. The molecule has 2 heterocycles. The molecule has 2 aromatic heterocycles. The van der Waals surface area contributed by atoms with Crippen LogP contribution in [0.4, 0.5) is 10.5 Å². The molecule has 0 bridgehead atoms. The number of aromatic nitrogens is 3. The van der Waals surface area contributed by atoms with Gasteiger partial charge in [0.2, 0.25) is 0 Å². The van der Waals surface area contributed by atoms with Crippen molar-refractivity contribution >= 4 is 34.4 Å². The Kier molecular flexibility index (Phi) is 7.01. The van der Waals surface area contributed by atoms with Gasteiger partial charge in [0, 0.05) is 46.7 Å². The van der Waals surface area contributed by atoms with E-state index in [0.29, 0.717) is 17.3 Å². The van der Waals surface area contributed by atoms with Crippen LogP contribution in [-0.2, 0) is 11.3 Å². The maximum Gasteiger partial charge on any atom is 0.411 e. The van der Waals surface area contributed by atoms with Crippen LogP contribution >= 0.6 is 11.8 Å². The second kappa shape index (κ2) is 10.5. The summed E-state index contributed by atoms with van der Waals surface area (Å²) >= 11 is 1.81. The Balaban J connectivity index is 1.47. The Morgan fingerprint density at radius 3 is 2.69 bits per heavy atom. The van der Waals surface area contributed by atoms with Crippen LogP contribution in [0.15, 0.2) is 66.1 Å². The van der Waals surface area contributed by atoms with Gasteiger partial charge >= 0.3 is 6.09 Å². The van der Waals surface area contributed by atoms with Crippen LogP contribution in [0, 0.1) is 11.3 Å². The van der Waals surface area contributed by atoms with E-state index in [2.05, 4.69) is 43.7 Å². The van der Waals surface area contributed by atoms with E-state index < -0.39 is 6.09 Å². The molecule has 0 unspecified atom stereocenters. The van der Waals surface area contributed by atoms with E-state index in [1.165, 1.54) is 11.3 Å². The van der Waals surface area contributed by atoms with Crippen LogP contribution in [0.25, 0.3) is 22.2 Å². The lowest BCUT2D eigenvalue weighted by molar-refractivity contribution is 0.130. The van der Waals surface area contributed by atoms with Crippen LogP contribution in [-0.4, -0.2) is 32.1 Å². The Hall–Kier alpha value is -3.70. The number of thioether (sulfide) groups is 1. The van der Waals surface area contributed by atoms with Gasteiger partial charge in [-0.25, -0.2) is 9.78 Å². The van der Waals surface area contributed by atoms with Crippen LogP contribution in [0.5, 0.6) is 0 Å². The van der Waals surface area contributed by atoms with Gasteiger partial charge in [-0.05, 0) is 62.9 Å². The maximum atomic E-state index is 12.0. The van der Waals surface area contributed by atoms with Crippen molar-refractivity contribution in [2.24, 2.45) is 0 Å². The fourth-order valence-electron chi connectivity index (χ4n) is 4.56. The smallest absolute Gasteiger partial charge is 0.411 e. The highest BCUT2D eigenvalue weighted by molar-refractivity contribution is 7.99. The molecule has 1 N–H and O–H groups in total. The Labute approximate surface area is 215 Å². The number of ether oxygens (including phenoxy) is 1. The summed E-state index contributed by atoms with van der Waals surface area (Å²) in [7, 11) is 0. The number of imidazole rings is 1. The molecule has 2 aromatic carbocycles. The van der Waals surface area contributed by atoms with Crippen molar-refractivity contribution in [1.82, 2.24) is 14.1 Å². The summed E-state index contributed by atoms with van der Waals surface area (Å²) < 4.78 is 9.62. The highest BCUT2D eigenvalue weighted by atomic mass is 32.2. The molecule has 0 spiro atoms. The minimum atomic E-state index is -0.475. The lowest BCUT2D eigenvalue weighted by Crippen LogP contribution is -2.18. The lowest BCUT2D eigenvalue weighted by atomic mass is 9.92. The summed E-state index contributed by atoms with van der Waals surface area (Å²) in [5.41, 5.74) is 4.39. The highest BCUT2D eigenvalue weighted by Crippen LogP contribution is 2.43. The monoisotopic (exact) mass is 499 g/mol. The third-order valence-electron chi connectivity index (χ3n) is 6.45. The zero-order valence-electron chi connectivity index (χ0n) is 20.5. The Morgan fingerprint density at radius 2 is 2.06 bits per heavy atom. The van der Waals surface area contributed by atoms with Crippen molar-refractivity contribution in [2.45, 2.75) is 56.7 Å². The third kappa shape index (κ3) is 4.98. The Morgan fingerprint density at radius 1 is 1.25 bits per heavy atom. The average Bonchev–Trinajstić information content (AvgIpc) is 3.44. The van der Waals surface area contributed by atoms with Gasteiger partial charge < -0.3 is 13.9 Å². The average molecular weight is 500 g/mol. The number of nitrogens with zero attached hydrogens (tertiary/aromatic N) is 4. The number of hydrogen-bond acceptors (Lipinski definition) is 5. The van der Waals surface area contributed by atoms with Crippen molar-refractivity contribution in [2.75, 3.05) is 11.1 Å². The summed E-state index contributed by atoms with van der Waals surface area (Å²) in [5.74, 6) is 0.942. The van der Waals surface area contributed by atoms with E-state index in [-0.39, 0.29) is 6.10 Å². The van der Waals surface area contributed by atoms with Crippen LogP contribution < -0.4 is 5.32 Å². The first-order valence-corrected chi connectivity index (χ1v) is 13.3. The van der Waals surface area contributed by atoms with Gasteiger partial charge in [-0.2, -0.15) is 5.26 Å². The van der Waals surface area contributed by atoms with Crippen molar-refractivity contribution < 1.29 is 9.53 Å². The maximum absolute atomic E-state index is 12.0. The third-order valence-corrected chi connectivity index (χ3v) is 7.43. The fraction of sp³-hybridized carbons (Fsp3) is 0.321. The molecule has 0 saturated heterocycles. The number of carbonyl (C=O) groups excluding carboxylic acids is 1. The quantitative estimate of drug-likeness (QED) is 0.268. The first kappa shape index (κ1) is 24.0. The molecular weight excluding hydrogens is 470 g/mol. The molecule has 36 heavy (non-hydrogen) atoms. The summed E-state index contributed by atoms with van der Waals surface area (Å²) in [4.78, 5) is 17.3.